The van der Waals surface area contributed by atoms with Crippen LogP contribution in [0.3, 0.4) is 0 Å². The van der Waals surface area contributed by atoms with Crippen LogP contribution < -0.4 is 10.1 Å². The molecule has 37 heavy (non-hydrogen) atoms. The van der Waals surface area contributed by atoms with Gasteiger partial charge in [-0.15, -0.1) is 11.8 Å². The predicted octanol–water partition coefficient (Wildman–Crippen LogP) is 6.32. The van der Waals surface area contributed by atoms with Crippen molar-refractivity contribution in [3.8, 4) is 11.6 Å². The van der Waals surface area contributed by atoms with Gasteiger partial charge in [-0.3, -0.25) is 13.3 Å². The van der Waals surface area contributed by atoms with E-state index >= 15 is 0 Å². The van der Waals surface area contributed by atoms with Gasteiger partial charge in [-0.25, -0.2) is 9.19 Å². The lowest BCUT2D eigenvalue weighted by molar-refractivity contribution is 0.353. The molecular formula is C26H30IN5O2S3. The molecule has 1 atom stereocenters. The average Bonchev–Trinajstić information content (AvgIpc) is 3.37. The number of aryl methyl sites for hydroxylation is 1. The zero-order valence-corrected chi connectivity index (χ0v) is 25.5. The molecule has 1 N–H and O–H groups in total. The van der Waals surface area contributed by atoms with Crippen LogP contribution in [-0.2, 0) is 17.4 Å². The van der Waals surface area contributed by atoms with E-state index in [0.717, 1.165) is 69.9 Å². The van der Waals surface area contributed by atoms with Crippen LogP contribution in [0.25, 0.3) is 5.57 Å². The number of rotatable bonds is 9. The molecule has 2 aromatic heterocycles. The third kappa shape index (κ3) is 6.21. The van der Waals surface area contributed by atoms with E-state index in [2.05, 4.69) is 55.5 Å². The van der Waals surface area contributed by atoms with Crippen LogP contribution in [0.4, 0.5) is 0 Å². The fourth-order valence-electron chi connectivity index (χ4n) is 4.71. The fraction of sp³-hybridized carbons (Fsp3) is 0.385. The first-order valence-electron chi connectivity index (χ1n) is 12.4. The van der Waals surface area contributed by atoms with Crippen molar-refractivity contribution < 1.29 is 8.95 Å². The van der Waals surface area contributed by atoms with E-state index in [0.29, 0.717) is 11.6 Å². The maximum absolute atomic E-state index is 13.1. The second-order valence-electron chi connectivity index (χ2n) is 9.04. The first kappa shape index (κ1) is 27.0. The molecule has 0 amide bonds. The van der Waals surface area contributed by atoms with E-state index in [1.54, 1.807) is 22.3 Å². The molecule has 0 radical (unpaired) electrons. The molecule has 2 aliphatic rings. The topological polar surface area (TPSA) is 72.3 Å². The number of thioether (sulfide) groups is 1. The van der Waals surface area contributed by atoms with Crippen LogP contribution >= 0.6 is 42.1 Å². The van der Waals surface area contributed by atoms with Gasteiger partial charge in [0.2, 0.25) is 5.88 Å². The van der Waals surface area contributed by atoms with Gasteiger partial charge >= 0.3 is 0 Å². The van der Waals surface area contributed by atoms with E-state index < -0.39 is 11.0 Å². The number of piperidine rings is 1. The van der Waals surface area contributed by atoms with Crippen molar-refractivity contribution in [2.45, 2.75) is 42.5 Å². The van der Waals surface area contributed by atoms with E-state index in [-0.39, 0.29) is 0 Å². The van der Waals surface area contributed by atoms with E-state index in [1.807, 2.05) is 41.7 Å². The summed E-state index contributed by atoms with van der Waals surface area (Å²) >= 11 is 4.00. The van der Waals surface area contributed by atoms with Gasteiger partial charge in [0.25, 0.3) is 0 Å². The number of aromatic nitrogens is 3. The van der Waals surface area contributed by atoms with E-state index in [9.17, 15) is 4.21 Å². The highest BCUT2D eigenvalue weighted by Gasteiger charge is 2.29. The van der Waals surface area contributed by atoms with Gasteiger partial charge in [-0.05, 0) is 74.7 Å². The summed E-state index contributed by atoms with van der Waals surface area (Å²) in [6, 6.07) is 8.25. The summed E-state index contributed by atoms with van der Waals surface area (Å²) < 4.78 is 23.1. The number of benzene rings is 1. The van der Waals surface area contributed by atoms with Crippen molar-refractivity contribution in [2.75, 3.05) is 25.9 Å². The summed E-state index contributed by atoms with van der Waals surface area (Å²) in [5.41, 5.74) is 3.86. The minimum atomic E-state index is -1.27. The Bertz CT molecular complexity index is 1290. The molecule has 1 saturated heterocycles. The summed E-state index contributed by atoms with van der Waals surface area (Å²) in [7, 11) is 2.08. The highest BCUT2D eigenvalue weighted by atomic mass is 127. The largest absolute Gasteiger partial charge is 0.437 e. The van der Waals surface area contributed by atoms with Crippen LogP contribution in [0, 0.1) is 5.92 Å². The highest BCUT2D eigenvalue weighted by molar-refractivity contribution is 14.2. The summed E-state index contributed by atoms with van der Waals surface area (Å²) in [6.07, 6.45) is 12.0. The van der Waals surface area contributed by atoms with E-state index in [1.165, 1.54) is 22.0 Å². The average molecular weight is 668 g/mol. The fourth-order valence-corrected chi connectivity index (χ4v) is 8.42. The molecule has 0 spiro atoms. The number of nitrogens with one attached hydrogen (secondary N) is 1. The Hall–Kier alpha value is -1.54. The molecule has 0 bridgehead atoms. The third-order valence-corrected chi connectivity index (χ3v) is 10.7. The Balaban J connectivity index is 1.41. The van der Waals surface area contributed by atoms with Crippen molar-refractivity contribution in [2.24, 2.45) is 5.92 Å². The van der Waals surface area contributed by atoms with Crippen LogP contribution in [0.1, 0.15) is 43.0 Å². The summed E-state index contributed by atoms with van der Waals surface area (Å²) in [5, 5.41) is 4.20. The lowest BCUT2D eigenvalue weighted by Gasteiger charge is -2.24. The standard InChI is InChI=1S/C26H30IN5O2S3/c1-3-35-20-6-7-24(34-25-16-29-19(15-30-25)5-4-18-8-11-28-12-9-18)22(14-20)23-17-31(2)37(33)26-21(23)10-13-32(26)36-27/h6-7,10,13-18,28H,3-5,8-9,11-12H2,1-2H3. The molecule has 11 heteroatoms. The molecule has 5 rings (SSSR count). The normalized spacial score (nSPS) is 18.0. The molecule has 2 aliphatic heterocycles. The van der Waals surface area contributed by atoms with Crippen LogP contribution in [-0.4, -0.2) is 48.3 Å². The minimum absolute atomic E-state index is 0.469. The lowest BCUT2D eigenvalue weighted by Crippen LogP contribution is -2.27. The molecule has 0 saturated carbocycles. The third-order valence-electron chi connectivity index (χ3n) is 6.63. The highest BCUT2D eigenvalue weighted by Crippen LogP contribution is 2.42. The van der Waals surface area contributed by atoms with Crippen molar-refractivity contribution in [3.05, 3.63) is 65.9 Å². The minimum Gasteiger partial charge on any atom is -0.437 e. The summed E-state index contributed by atoms with van der Waals surface area (Å²) in [5.74, 6) is 2.91. The molecule has 1 aromatic carbocycles. The smallest absolute Gasteiger partial charge is 0.237 e. The zero-order chi connectivity index (χ0) is 25.8. The Labute approximate surface area is 241 Å². The molecule has 3 aromatic rings. The zero-order valence-electron chi connectivity index (χ0n) is 20.9. The summed E-state index contributed by atoms with van der Waals surface area (Å²) in [6.45, 7) is 4.38. The molecule has 1 unspecified atom stereocenters. The molecule has 1 fully saturated rings. The van der Waals surface area contributed by atoms with Crippen molar-refractivity contribution in [1.82, 2.24) is 23.6 Å². The van der Waals surface area contributed by atoms with Crippen molar-refractivity contribution in [3.63, 3.8) is 0 Å². The molecule has 4 heterocycles. The second kappa shape index (κ2) is 12.5. The number of hydrogen-bond acceptors (Lipinski definition) is 7. The lowest BCUT2D eigenvalue weighted by atomic mass is 9.93. The Kier molecular flexibility index (Phi) is 9.17. The maximum Gasteiger partial charge on any atom is 0.237 e. The Morgan fingerprint density at radius 3 is 2.76 bits per heavy atom. The first-order chi connectivity index (χ1) is 18.1. The van der Waals surface area contributed by atoms with Gasteiger partial charge in [0.05, 0.1) is 18.1 Å². The summed E-state index contributed by atoms with van der Waals surface area (Å²) in [4.78, 5) is 10.4. The number of fused-ring (bicyclic) bond motifs is 1. The number of ether oxygens (including phenoxy) is 1. The van der Waals surface area contributed by atoms with Gasteiger partial charge in [0, 0.05) is 71.4 Å². The Morgan fingerprint density at radius 1 is 1.19 bits per heavy atom. The van der Waals surface area contributed by atoms with Gasteiger partial charge in [-0.2, -0.15) is 0 Å². The van der Waals surface area contributed by atoms with Crippen LogP contribution in [0.2, 0.25) is 0 Å². The molecule has 0 aliphatic carbocycles. The number of halogens is 1. The van der Waals surface area contributed by atoms with Gasteiger partial charge in [0.1, 0.15) is 10.8 Å². The quantitative estimate of drug-likeness (QED) is 0.212. The first-order valence-corrected chi connectivity index (χ1v) is 17.8. The van der Waals surface area contributed by atoms with Crippen molar-refractivity contribution in [1.29, 1.82) is 0 Å². The van der Waals surface area contributed by atoms with Gasteiger partial charge in [-0.1, -0.05) is 6.92 Å². The van der Waals surface area contributed by atoms with Gasteiger partial charge < -0.3 is 10.1 Å². The predicted molar refractivity (Wildman–Crippen MR) is 162 cm³/mol. The maximum atomic E-state index is 13.1. The SMILES string of the molecule is CCSc1ccc(Oc2cnc(CCC3CCNCC3)cn2)c(C2=CN(C)S(=O)c3c2ccn3SI)c1. The molecular weight excluding hydrogens is 637 g/mol. The molecule has 196 valence electrons. The van der Waals surface area contributed by atoms with Crippen molar-refractivity contribution >= 4 is 58.6 Å². The Morgan fingerprint density at radius 2 is 2.03 bits per heavy atom. The number of hydrogen-bond donors (Lipinski definition) is 1. The van der Waals surface area contributed by atoms with Crippen LogP contribution in [0.15, 0.2) is 59.0 Å². The van der Waals surface area contributed by atoms with Gasteiger partial charge in [0.15, 0.2) is 11.0 Å². The number of nitrogens with zero attached hydrogens (tertiary/aromatic N) is 4. The van der Waals surface area contributed by atoms with Crippen LogP contribution in [0.5, 0.6) is 11.6 Å². The monoisotopic (exact) mass is 667 g/mol. The second-order valence-corrected chi connectivity index (χ2v) is 13.6. The molecule has 7 nitrogen and oxygen atoms in total. The van der Waals surface area contributed by atoms with E-state index in [4.69, 9.17) is 4.74 Å².